The van der Waals surface area contributed by atoms with E-state index in [1.807, 2.05) is 6.92 Å². The molecule has 0 aromatic carbocycles. The summed E-state index contributed by atoms with van der Waals surface area (Å²) >= 11 is 0. The number of alkyl halides is 3. The number of nitrogens with one attached hydrogen (secondary N) is 1. The van der Waals surface area contributed by atoms with Crippen LogP contribution in [0, 0.1) is 0 Å². The zero-order valence-electron chi connectivity index (χ0n) is 8.97. The first-order valence-corrected chi connectivity index (χ1v) is 5.10. The Balaban J connectivity index is 2.33. The van der Waals surface area contributed by atoms with E-state index >= 15 is 0 Å². The van der Waals surface area contributed by atoms with Gasteiger partial charge in [0, 0.05) is 19.4 Å². The van der Waals surface area contributed by atoms with Gasteiger partial charge in [-0.25, -0.2) is 0 Å². The van der Waals surface area contributed by atoms with Crippen LogP contribution in [0.4, 0.5) is 13.2 Å². The van der Waals surface area contributed by atoms with Crippen molar-refractivity contribution < 1.29 is 17.6 Å². The predicted molar refractivity (Wildman–Crippen MR) is 50.9 cm³/mol. The number of aryl methyl sites for hydroxylation is 1. The average Bonchev–Trinajstić information content (AvgIpc) is 2.62. The molecule has 0 bridgehead atoms. The summed E-state index contributed by atoms with van der Waals surface area (Å²) in [5.74, 6) is 0.418. The Morgan fingerprint density at radius 3 is 2.38 bits per heavy atom. The van der Waals surface area contributed by atoms with Crippen molar-refractivity contribution >= 4 is 0 Å². The Bertz CT molecular complexity index is 311. The molecule has 92 valence electrons. The topological polar surface area (TPSA) is 51.0 Å². The van der Waals surface area contributed by atoms with Crippen LogP contribution in [0.15, 0.2) is 4.42 Å². The third-order valence-corrected chi connectivity index (χ3v) is 1.90. The summed E-state index contributed by atoms with van der Waals surface area (Å²) in [6.45, 7) is 3.47. The lowest BCUT2D eigenvalue weighted by molar-refractivity contribution is -0.134. The van der Waals surface area contributed by atoms with Gasteiger partial charge in [-0.2, -0.15) is 13.2 Å². The molecule has 0 amide bonds. The summed E-state index contributed by atoms with van der Waals surface area (Å²) in [6, 6.07) is 0. The summed E-state index contributed by atoms with van der Waals surface area (Å²) in [5.41, 5.74) is 0. The number of hydrogen-bond donors (Lipinski definition) is 1. The van der Waals surface area contributed by atoms with E-state index in [1.165, 1.54) is 0 Å². The molecular formula is C9H14F3N3O. The van der Waals surface area contributed by atoms with Gasteiger partial charge in [-0.3, -0.25) is 0 Å². The third-order valence-electron chi connectivity index (χ3n) is 1.90. The second kappa shape index (κ2) is 5.83. The first-order chi connectivity index (χ1) is 7.51. The van der Waals surface area contributed by atoms with Gasteiger partial charge in [-0.05, 0) is 6.54 Å². The average molecular weight is 237 g/mol. The molecule has 0 unspecified atom stereocenters. The zero-order valence-corrected chi connectivity index (χ0v) is 8.97. The minimum Gasteiger partial charge on any atom is -0.425 e. The lowest BCUT2D eigenvalue weighted by Gasteiger charge is -2.02. The van der Waals surface area contributed by atoms with Gasteiger partial charge in [0.25, 0.3) is 0 Å². The normalized spacial score (nSPS) is 12.0. The molecule has 0 saturated carbocycles. The van der Waals surface area contributed by atoms with Crippen molar-refractivity contribution in [3.8, 4) is 0 Å². The molecule has 0 aliphatic carbocycles. The molecule has 0 aliphatic heterocycles. The number of nitrogens with zero attached hydrogens (tertiary/aromatic N) is 2. The van der Waals surface area contributed by atoms with Gasteiger partial charge >= 0.3 is 6.18 Å². The van der Waals surface area contributed by atoms with Gasteiger partial charge in [-0.1, -0.05) is 6.92 Å². The van der Waals surface area contributed by atoms with Crippen molar-refractivity contribution in [2.24, 2.45) is 0 Å². The van der Waals surface area contributed by atoms with E-state index in [0.29, 0.717) is 18.9 Å². The summed E-state index contributed by atoms with van der Waals surface area (Å²) in [5, 5.41) is 10.3. The Labute approximate surface area is 91.2 Å². The summed E-state index contributed by atoms with van der Waals surface area (Å²) in [6.07, 6.45) is -4.83. The number of rotatable bonds is 6. The SMILES string of the molecule is CCNCCc1nnc(CCC(F)(F)F)o1. The van der Waals surface area contributed by atoms with Crippen molar-refractivity contribution in [3.63, 3.8) is 0 Å². The van der Waals surface area contributed by atoms with Gasteiger partial charge in [0.2, 0.25) is 11.8 Å². The number of aromatic nitrogens is 2. The van der Waals surface area contributed by atoms with Crippen LogP contribution in [0.2, 0.25) is 0 Å². The van der Waals surface area contributed by atoms with Crippen LogP contribution < -0.4 is 5.32 Å². The molecular weight excluding hydrogens is 223 g/mol. The first kappa shape index (κ1) is 13.0. The second-order valence-corrected chi connectivity index (χ2v) is 3.31. The van der Waals surface area contributed by atoms with Gasteiger partial charge in [0.15, 0.2) is 0 Å². The van der Waals surface area contributed by atoms with E-state index < -0.39 is 12.6 Å². The molecule has 16 heavy (non-hydrogen) atoms. The Kier molecular flexibility index (Phi) is 4.72. The maximum Gasteiger partial charge on any atom is 0.389 e. The molecule has 0 atom stereocenters. The molecule has 0 spiro atoms. The fourth-order valence-electron chi connectivity index (χ4n) is 1.11. The largest absolute Gasteiger partial charge is 0.425 e. The van der Waals surface area contributed by atoms with Crippen LogP contribution in [-0.4, -0.2) is 29.5 Å². The van der Waals surface area contributed by atoms with Crippen molar-refractivity contribution in [3.05, 3.63) is 11.8 Å². The van der Waals surface area contributed by atoms with Crippen LogP contribution in [0.3, 0.4) is 0 Å². The van der Waals surface area contributed by atoms with Crippen LogP contribution in [0.25, 0.3) is 0 Å². The monoisotopic (exact) mass is 237 g/mol. The lowest BCUT2D eigenvalue weighted by atomic mass is 10.3. The zero-order chi connectivity index (χ0) is 12.0. The van der Waals surface area contributed by atoms with E-state index in [4.69, 9.17) is 4.42 Å². The van der Waals surface area contributed by atoms with Crippen molar-refractivity contribution in [2.45, 2.75) is 32.4 Å². The fourth-order valence-corrected chi connectivity index (χ4v) is 1.11. The highest BCUT2D eigenvalue weighted by molar-refractivity contribution is 4.83. The molecule has 1 aromatic heterocycles. The van der Waals surface area contributed by atoms with E-state index in [0.717, 1.165) is 6.54 Å². The Morgan fingerprint density at radius 2 is 1.81 bits per heavy atom. The number of hydrogen-bond acceptors (Lipinski definition) is 4. The minimum absolute atomic E-state index is 0.0452. The highest BCUT2D eigenvalue weighted by Crippen LogP contribution is 2.21. The van der Waals surface area contributed by atoms with Crippen LogP contribution in [0.5, 0.6) is 0 Å². The smallest absolute Gasteiger partial charge is 0.389 e. The molecule has 4 nitrogen and oxygen atoms in total. The third kappa shape index (κ3) is 5.11. The predicted octanol–water partition coefficient (Wildman–Crippen LogP) is 1.72. The van der Waals surface area contributed by atoms with Crippen molar-refractivity contribution in [2.75, 3.05) is 13.1 Å². The fraction of sp³-hybridized carbons (Fsp3) is 0.778. The van der Waals surface area contributed by atoms with E-state index in [2.05, 4.69) is 15.5 Å². The van der Waals surface area contributed by atoms with Crippen molar-refractivity contribution in [1.29, 1.82) is 0 Å². The first-order valence-electron chi connectivity index (χ1n) is 5.10. The summed E-state index contributed by atoms with van der Waals surface area (Å²) in [7, 11) is 0. The van der Waals surface area contributed by atoms with Crippen LogP contribution in [-0.2, 0) is 12.8 Å². The van der Waals surface area contributed by atoms with Gasteiger partial charge in [0.1, 0.15) is 0 Å². The number of halogens is 3. The van der Waals surface area contributed by atoms with Crippen molar-refractivity contribution in [1.82, 2.24) is 15.5 Å². The van der Waals surface area contributed by atoms with E-state index in [9.17, 15) is 13.2 Å². The highest BCUT2D eigenvalue weighted by atomic mass is 19.4. The van der Waals surface area contributed by atoms with Gasteiger partial charge in [-0.15, -0.1) is 10.2 Å². The molecule has 0 saturated heterocycles. The molecule has 1 N–H and O–H groups in total. The number of likely N-dealkylation sites (N-methyl/N-ethyl adjacent to an activating group) is 1. The molecule has 1 heterocycles. The molecule has 1 rings (SSSR count). The quantitative estimate of drug-likeness (QED) is 0.765. The molecule has 0 radical (unpaired) electrons. The summed E-state index contributed by atoms with van der Waals surface area (Å²) < 4.78 is 40.8. The second-order valence-electron chi connectivity index (χ2n) is 3.31. The lowest BCUT2D eigenvalue weighted by Crippen LogP contribution is -2.16. The minimum atomic E-state index is -4.18. The maximum absolute atomic E-state index is 11.9. The highest BCUT2D eigenvalue weighted by Gasteiger charge is 2.27. The maximum atomic E-state index is 11.9. The van der Waals surface area contributed by atoms with Crippen LogP contribution >= 0.6 is 0 Å². The van der Waals surface area contributed by atoms with E-state index in [-0.39, 0.29) is 12.3 Å². The standard InChI is InChI=1S/C9H14F3N3O/c1-2-13-6-4-8-15-14-7(16-8)3-5-9(10,11)12/h13H,2-6H2,1H3. The van der Waals surface area contributed by atoms with Crippen LogP contribution in [0.1, 0.15) is 25.1 Å². The molecule has 0 fully saturated rings. The Hall–Kier alpha value is -1.11. The van der Waals surface area contributed by atoms with E-state index in [1.54, 1.807) is 0 Å². The Morgan fingerprint density at radius 1 is 1.19 bits per heavy atom. The van der Waals surface area contributed by atoms with Gasteiger partial charge < -0.3 is 9.73 Å². The molecule has 0 aliphatic rings. The molecule has 1 aromatic rings. The molecule has 7 heteroatoms. The van der Waals surface area contributed by atoms with Gasteiger partial charge in [0.05, 0.1) is 6.42 Å². The summed E-state index contributed by atoms with van der Waals surface area (Å²) in [4.78, 5) is 0.